The molecule has 0 fully saturated rings. The normalized spacial score (nSPS) is 17.2. The molecule has 0 unspecified atom stereocenters. The first-order valence-electron chi connectivity index (χ1n) is 10.5. The average Bonchev–Trinajstić information content (AvgIpc) is 2.54. The molecule has 0 saturated heterocycles. The van der Waals surface area contributed by atoms with Gasteiger partial charge in [0.1, 0.15) is 0 Å². The molecule has 0 amide bonds. The van der Waals surface area contributed by atoms with Crippen LogP contribution in [0.25, 0.3) is 0 Å². The molecule has 3 heteroatoms. The average molecular weight is 444 g/mol. The van der Waals surface area contributed by atoms with Gasteiger partial charge in [-0.3, -0.25) is 0 Å². The van der Waals surface area contributed by atoms with Gasteiger partial charge in [-0.15, -0.1) is 0 Å². The van der Waals surface area contributed by atoms with E-state index in [1.807, 2.05) is 3.59 Å². The van der Waals surface area contributed by atoms with Crippen LogP contribution in [0, 0.1) is 0 Å². The fraction of sp³-hybridized carbons (Fsp3) is 0.905. The Kier molecular flexibility index (Phi) is 10.5. The van der Waals surface area contributed by atoms with Gasteiger partial charge < -0.3 is 0 Å². The molecule has 1 aliphatic rings. The number of hydroxylamine groups is 2. The first-order chi connectivity index (χ1) is 11.4. The second kappa shape index (κ2) is 11.2. The van der Waals surface area contributed by atoms with Crippen molar-refractivity contribution in [2.75, 3.05) is 13.1 Å². The van der Waals surface area contributed by atoms with E-state index in [-0.39, 0.29) is 5.60 Å². The Hall–Kier alpha value is 0.459. The van der Waals surface area contributed by atoms with Crippen LogP contribution in [0.15, 0.2) is 9.67 Å². The third-order valence-corrected chi connectivity index (χ3v) is 21.7. The number of hydrogen-bond acceptors (Lipinski definition) is 2. The maximum absolute atomic E-state index is 6.10. The van der Waals surface area contributed by atoms with Crippen molar-refractivity contribution in [1.82, 2.24) is 5.06 Å². The van der Waals surface area contributed by atoms with E-state index in [0.29, 0.717) is 0 Å². The second-order valence-electron chi connectivity index (χ2n) is 8.66. The molecule has 0 atom stereocenters. The van der Waals surface area contributed by atoms with Gasteiger partial charge in [0.2, 0.25) is 0 Å². The molecule has 0 aliphatic carbocycles. The molecular formula is C21H43NOSn. The van der Waals surface area contributed by atoms with Gasteiger partial charge in [-0.1, -0.05) is 0 Å². The van der Waals surface area contributed by atoms with Crippen LogP contribution < -0.4 is 0 Å². The van der Waals surface area contributed by atoms with Crippen LogP contribution in [-0.4, -0.2) is 42.1 Å². The number of hydrogen-bond donors (Lipinski definition) is 0. The molecule has 0 aromatic carbocycles. The van der Waals surface area contributed by atoms with Crippen molar-refractivity contribution in [1.29, 1.82) is 0 Å². The Labute approximate surface area is 156 Å². The first kappa shape index (κ1) is 22.5. The van der Waals surface area contributed by atoms with Crippen LogP contribution in [0.5, 0.6) is 0 Å². The second-order valence-corrected chi connectivity index (χ2v) is 22.1. The van der Waals surface area contributed by atoms with E-state index in [9.17, 15) is 0 Å². The van der Waals surface area contributed by atoms with E-state index in [2.05, 4.69) is 52.7 Å². The Balaban J connectivity index is 2.87. The van der Waals surface area contributed by atoms with Gasteiger partial charge in [-0.25, -0.2) is 0 Å². The third-order valence-electron chi connectivity index (χ3n) is 5.28. The summed E-state index contributed by atoms with van der Waals surface area (Å²) in [7, 11) is 0. The SMILES string of the molecule is CCC[CH2][Sn]([CH2]CCC)([CH2]CCC)[C]1=CCN(OC(C)(C)C)CC1. The molecule has 1 aliphatic heterocycles. The molecule has 1 heterocycles. The van der Waals surface area contributed by atoms with Crippen LogP contribution in [-0.2, 0) is 4.84 Å². The molecular weight excluding hydrogens is 401 g/mol. The van der Waals surface area contributed by atoms with Crippen molar-refractivity contribution in [2.24, 2.45) is 0 Å². The zero-order valence-corrected chi connectivity index (χ0v) is 20.3. The Morgan fingerprint density at radius 3 is 1.79 bits per heavy atom. The van der Waals surface area contributed by atoms with Crippen LogP contribution >= 0.6 is 0 Å². The predicted molar refractivity (Wildman–Crippen MR) is 110 cm³/mol. The summed E-state index contributed by atoms with van der Waals surface area (Å²) in [6.45, 7) is 15.7. The van der Waals surface area contributed by atoms with E-state index in [1.54, 1.807) is 13.3 Å². The maximum atomic E-state index is 6.10. The van der Waals surface area contributed by atoms with E-state index in [4.69, 9.17) is 4.84 Å². The summed E-state index contributed by atoms with van der Waals surface area (Å²) in [6, 6.07) is 0. The van der Waals surface area contributed by atoms with Gasteiger partial charge in [0.25, 0.3) is 0 Å². The molecule has 0 radical (unpaired) electrons. The summed E-state index contributed by atoms with van der Waals surface area (Å²) in [5, 5.41) is 2.19. The van der Waals surface area contributed by atoms with Gasteiger partial charge in [0, 0.05) is 0 Å². The fourth-order valence-corrected chi connectivity index (χ4v) is 21.0. The standard InChI is InChI=1S/C9H16NO.3C4H9.Sn/c1-9(2,3)11-10-7-5-4-6-8-10;3*1-3-4-2;/h5H,6-8H2,1-3H3;3*1,3-4H2,2H3;. The van der Waals surface area contributed by atoms with Crippen LogP contribution in [0.3, 0.4) is 0 Å². The third kappa shape index (κ3) is 7.78. The summed E-state index contributed by atoms with van der Waals surface area (Å²) in [5.41, 5.74) is -0.0711. The van der Waals surface area contributed by atoms with Gasteiger partial charge in [-0.2, -0.15) is 0 Å². The quantitative estimate of drug-likeness (QED) is 0.328. The van der Waals surface area contributed by atoms with E-state index < -0.39 is 18.4 Å². The van der Waals surface area contributed by atoms with E-state index in [0.717, 1.165) is 13.1 Å². The molecule has 1 rings (SSSR count). The van der Waals surface area contributed by atoms with Crippen LogP contribution in [0.1, 0.15) is 86.5 Å². The van der Waals surface area contributed by atoms with Gasteiger partial charge in [0.05, 0.1) is 0 Å². The molecule has 0 spiro atoms. The molecule has 0 aromatic rings. The van der Waals surface area contributed by atoms with Crippen molar-refractivity contribution >= 4 is 18.4 Å². The van der Waals surface area contributed by atoms with E-state index in [1.165, 1.54) is 44.9 Å². The zero-order chi connectivity index (χ0) is 18.1. The van der Waals surface area contributed by atoms with Crippen molar-refractivity contribution in [2.45, 2.75) is 105 Å². The minimum atomic E-state index is -2.16. The Morgan fingerprint density at radius 1 is 0.958 bits per heavy atom. The van der Waals surface area contributed by atoms with Crippen molar-refractivity contribution in [3.63, 3.8) is 0 Å². The summed E-state index contributed by atoms with van der Waals surface area (Å²) >= 11 is -2.16. The molecule has 0 N–H and O–H groups in total. The summed E-state index contributed by atoms with van der Waals surface area (Å²) in [4.78, 5) is 6.10. The molecule has 0 saturated carbocycles. The Bertz CT molecular complexity index is 351. The predicted octanol–water partition coefficient (Wildman–Crippen LogP) is 6.74. The van der Waals surface area contributed by atoms with Crippen molar-refractivity contribution in [3.05, 3.63) is 9.67 Å². The van der Waals surface area contributed by atoms with Crippen LogP contribution in [0.4, 0.5) is 0 Å². The van der Waals surface area contributed by atoms with Crippen molar-refractivity contribution < 1.29 is 4.84 Å². The molecule has 2 nitrogen and oxygen atoms in total. The molecule has 142 valence electrons. The number of nitrogens with zero attached hydrogens (tertiary/aromatic N) is 1. The Morgan fingerprint density at radius 2 is 1.46 bits per heavy atom. The summed E-state index contributed by atoms with van der Waals surface area (Å²) < 4.78 is 6.74. The summed E-state index contributed by atoms with van der Waals surface area (Å²) in [5.74, 6) is 0. The number of rotatable bonds is 11. The topological polar surface area (TPSA) is 12.5 Å². The van der Waals surface area contributed by atoms with E-state index >= 15 is 0 Å². The molecule has 0 aromatic heterocycles. The van der Waals surface area contributed by atoms with Gasteiger partial charge in [-0.05, 0) is 0 Å². The van der Waals surface area contributed by atoms with Gasteiger partial charge >= 0.3 is 156 Å². The monoisotopic (exact) mass is 445 g/mol. The molecule has 24 heavy (non-hydrogen) atoms. The number of unbranched alkanes of at least 4 members (excludes halogenated alkanes) is 3. The minimum absolute atomic E-state index is 0.0711. The fourth-order valence-electron chi connectivity index (χ4n) is 4.00. The zero-order valence-electron chi connectivity index (χ0n) is 17.4. The first-order valence-corrected chi connectivity index (χ1v) is 18.0. The van der Waals surface area contributed by atoms with Crippen molar-refractivity contribution in [3.8, 4) is 0 Å². The van der Waals surface area contributed by atoms with Crippen LogP contribution in [0.2, 0.25) is 13.3 Å². The summed E-state index contributed by atoms with van der Waals surface area (Å²) in [6.07, 6.45) is 12.4. The van der Waals surface area contributed by atoms with Gasteiger partial charge in [0.15, 0.2) is 0 Å². The molecule has 0 bridgehead atoms.